The topological polar surface area (TPSA) is 55.8 Å². The summed E-state index contributed by atoms with van der Waals surface area (Å²) in [7, 11) is 2.88. The second-order valence-corrected chi connectivity index (χ2v) is 12.8. The largest absolute Gasteiger partial charge is 0.465 e. The molecule has 0 fully saturated rings. The number of rotatable bonds is 6. The van der Waals surface area contributed by atoms with Crippen molar-refractivity contribution in [1.29, 1.82) is 0 Å². The van der Waals surface area contributed by atoms with Gasteiger partial charge in [0.05, 0.1) is 33.3 Å². The Morgan fingerprint density at radius 1 is 1.15 bits per heavy atom. The molecule has 0 aromatic heterocycles. The van der Waals surface area contributed by atoms with Crippen LogP contribution in [0, 0.1) is 5.92 Å². The Hall–Kier alpha value is -2.18. The van der Waals surface area contributed by atoms with Crippen molar-refractivity contribution in [2.75, 3.05) is 32.8 Å². The van der Waals surface area contributed by atoms with Gasteiger partial charge in [-0.15, -0.1) is 0 Å². The third-order valence-electron chi connectivity index (χ3n) is 4.76. The van der Waals surface area contributed by atoms with Crippen molar-refractivity contribution >= 4 is 25.6 Å². The highest BCUT2D eigenvalue weighted by atomic mass is 28.3. The van der Waals surface area contributed by atoms with Crippen molar-refractivity contribution in [3.63, 3.8) is 0 Å². The van der Waals surface area contributed by atoms with E-state index in [1.807, 2.05) is 36.4 Å². The van der Waals surface area contributed by atoms with E-state index in [1.165, 1.54) is 7.11 Å². The SMILES string of the molecule is COCC1=C(C(=O)OC)C([Si](C)(C)C)=C[C@H](C(=O)N(C)c2ccccc2)C1. The van der Waals surface area contributed by atoms with Crippen LogP contribution in [0.5, 0.6) is 0 Å². The molecular weight excluding hydrogens is 358 g/mol. The van der Waals surface area contributed by atoms with Crippen LogP contribution in [0.15, 0.2) is 52.8 Å². The molecule has 0 radical (unpaired) electrons. The van der Waals surface area contributed by atoms with E-state index in [2.05, 4.69) is 19.6 Å². The van der Waals surface area contributed by atoms with Crippen molar-refractivity contribution in [2.45, 2.75) is 26.1 Å². The molecule has 1 aromatic rings. The van der Waals surface area contributed by atoms with Crippen LogP contribution in [0.4, 0.5) is 5.69 Å². The first-order valence-corrected chi connectivity index (χ1v) is 12.5. The summed E-state index contributed by atoms with van der Waals surface area (Å²) in [6, 6.07) is 9.57. The second-order valence-electron chi connectivity index (χ2n) is 7.78. The Morgan fingerprint density at radius 3 is 2.30 bits per heavy atom. The van der Waals surface area contributed by atoms with Gasteiger partial charge in [0, 0.05) is 19.8 Å². The summed E-state index contributed by atoms with van der Waals surface area (Å²) in [5.41, 5.74) is 2.29. The minimum atomic E-state index is -1.89. The minimum absolute atomic E-state index is 0.00877. The van der Waals surface area contributed by atoms with Gasteiger partial charge in [0.25, 0.3) is 0 Å². The molecule has 0 heterocycles. The molecule has 146 valence electrons. The summed E-state index contributed by atoms with van der Waals surface area (Å²) in [6.07, 6.45) is 2.45. The second kappa shape index (κ2) is 8.67. The van der Waals surface area contributed by atoms with Crippen molar-refractivity contribution < 1.29 is 19.1 Å². The van der Waals surface area contributed by atoms with Gasteiger partial charge in [0.15, 0.2) is 0 Å². The predicted molar refractivity (Wildman–Crippen MR) is 110 cm³/mol. The Balaban J connectivity index is 2.46. The fourth-order valence-corrected chi connectivity index (χ4v) is 5.10. The maximum absolute atomic E-state index is 13.2. The Bertz CT molecular complexity index is 762. The third-order valence-corrected chi connectivity index (χ3v) is 6.80. The van der Waals surface area contributed by atoms with Crippen molar-refractivity contribution in [3.8, 4) is 0 Å². The molecule has 0 spiro atoms. The van der Waals surface area contributed by atoms with Crippen molar-refractivity contribution in [1.82, 2.24) is 0 Å². The number of nitrogens with zero attached hydrogens (tertiary/aromatic N) is 1. The number of hydrogen-bond acceptors (Lipinski definition) is 4. The van der Waals surface area contributed by atoms with Crippen LogP contribution >= 0.6 is 0 Å². The number of carbonyl (C=O) groups excluding carboxylic acids is 2. The number of carbonyl (C=O) groups is 2. The summed E-state index contributed by atoms with van der Waals surface area (Å²) in [6.45, 7) is 6.81. The van der Waals surface area contributed by atoms with E-state index in [4.69, 9.17) is 9.47 Å². The molecule has 1 atom stereocenters. The van der Waals surface area contributed by atoms with Gasteiger partial charge in [-0.05, 0) is 29.3 Å². The molecule has 5 nitrogen and oxygen atoms in total. The van der Waals surface area contributed by atoms with Crippen molar-refractivity contribution in [3.05, 3.63) is 52.8 Å². The van der Waals surface area contributed by atoms with E-state index in [0.29, 0.717) is 18.6 Å². The first kappa shape index (κ1) is 21.1. The van der Waals surface area contributed by atoms with Gasteiger partial charge in [-0.1, -0.05) is 43.9 Å². The summed E-state index contributed by atoms with van der Waals surface area (Å²) >= 11 is 0. The predicted octanol–water partition coefficient (Wildman–Crippen LogP) is 3.59. The molecule has 0 aliphatic heterocycles. The number of esters is 1. The quantitative estimate of drug-likeness (QED) is 0.553. The average Bonchev–Trinajstić information content (AvgIpc) is 2.65. The van der Waals surface area contributed by atoms with E-state index >= 15 is 0 Å². The summed E-state index contributed by atoms with van der Waals surface area (Å²) in [4.78, 5) is 27.4. The zero-order valence-corrected chi connectivity index (χ0v) is 18.0. The highest BCUT2D eigenvalue weighted by Gasteiger charge is 2.36. The highest BCUT2D eigenvalue weighted by Crippen LogP contribution is 2.36. The molecule has 0 saturated carbocycles. The fourth-order valence-electron chi connectivity index (χ4n) is 3.37. The lowest BCUT2D eigenvalue weighted by molar-refractivity contribution is -0.136. The lowest BCUT2D eigenvalue weighted by atomic mass is 9.88. The molecule has 27 heavy (non-hydrogen) atoms. The smallest absolute Gasteiger partial charge is 0.337 e. The normalized spacial score (nSPS) is 17.4. The Morgan fingerprint density at radius 2 is 1.78 bits per heavy atom. The molecule has 1 aromatic carbocycles. The maximum atomic E-state index is 13.2. The molecule has 1 amide bonds. The number of methoxy groups -OCH3 is 2. The van der Waals surface area contributed by atoms with Gasteiger partial charge >= 0.3 is 5.97 Å². The van der Waals surface area contributed by atoms with E-state index in [1.54, 1.807) is 19.1 Å². The van der Waals surface area contributed by atoms with E-state index in [-0.39, 0.29) is 17.8 Å². The molecule has 0 N–H and O–H groups in total. The van der Waals surface area contributed by atoms with Crippen LogP contribution in [0.2, 0.25) is 19.6 Å². The molecule has 1 aliphatic rings. The molecular formula is C21H29NO4Si. The van der Waals surface area contributed by atoms with Crippen LogP contribution in [0.1, 0.15) is 6.42 Å². The lowest BCUT2D eigenvalue weighted by Crippen LogP contribution is -2.38. The monoisotopic (exact) mass is 387 g/mol. The summed E-state index contributed by atoms with van der Waals surface area (Å²) < 4.78 is 10.4. The standard InChI is InChI=1S/C21H29NO4Si/c1-22(17-10-8-7-9-11-17)20(23)15-12-16(14-25-2)19(21(24)26-3)18(13-15)27(4,5)6/h7-11,13,15H,12,14H2,1-6H3/t15-/m1/s1. The first-order chi connectivity index (χ1) is 12.7. The van der Waals surface area contributed by atoms with Gasteiger partial charge in [0.2, 0.25) is 5.91 Å². The zero-order chi connectivity index (χ0) is 20.2. The fraction of sp³-hybridized carbons (Fsp3) is 0.429. The summed E-state index contributed by atoms with van der Waals surface area (Å²) in [5, 5.41) is 0.965. The number of para-hydroxylation sites is 1. The molecule has 2 rings (SSSR count). The van der Waals surface area contributed by atoms with E-state index in [0.717, 1.165) is 16.5 Å². The number of anilines is 1. The van der Waals surface area contributed by atoms with Gasteiger partial charge in [-0.3, -0.25) is 4.79 Å². The molecule has 0 saturated heterocycles. The van der Waals surface area contributed by atoms with Crippen LogP contribution in [0.25, 0.3) is 0 Å². The highest BCUT2D eigenvalue weighted by molar-refractivity contribution is 6.84. The lowest BCUT2D eigenvalue weighted by Gasteiger charge is -2.32. The van der Waals surface area contributed by atoms with Gasteiger partial charge in [-0.2, -0.15) is 0 Å². The minimum Gasteiger partial charge on any atom is -0.465 e. The average molecular weight is 388 g/mol. The van der Waals surface area contributed by atoms with Crippen LogP contribution in [-0.4, -0.2) is 47.8 Å². The number of benzene rings is 1. The van der Waals surface area contributed by atoms with Crippen LogP contribution in [0.3, 0.4) is 0 Å². The first-order valence-electron chi connectivity index (χ1n) is 9.05. The summed E-state index contributed by atoms with van der Waals surface area (Å²) in [5.74, 6) is -0.664. The third kappa shape index (κ3) is 4.76. The van der Waals surface area contributed by atoms with E-state index < -0.39 is 8.07 Å². The Labute approximate surface area is 162 Å². The zero-order valence-electron chi connectivity index (χ0n) is 17.0. The van der Waals surface area contributed by atoms with Gasteiger partial charge in [-0.25, -0.2) is 4.79 Å². The molecule has 0 bridgehead atoms. The van der Waals surface area contributed by atoms with Gasteiger partial charge < -0.3 is 14.4 Å². The number of hydrogen-bond donors (Lipinski definition) is 0. The number of amides is 1. The number of ether oxygens (including phenoxy) is 2. The maximum Gasteiger partial charge on any atom is 0.337 e. The van der Waals surface area contributed by atoms with E-state index in [9.17, 15) is 9.59 Å². The molecule has 0 unspecified atom stereocenters. The Kier molecular flexibility index (Phi) is 6.78. The molecule has 6 heteroatoms. The van der Waals surface area contributed by atoms with Crippen LogP contribution < -0.4 is 4.90 Å². The molecule has 1 aliphatic carbocycles. The van der Waals surface area contributed by atoms with Crippen molar-refractivity contribution in [2.24, 2.45) is 5.92 Å². The van der Waals surface area contributed by atoms with Gasteiger partial charge in [0.1, 0.15) is 0 Å². The van der Waals surface area contributed by atoms with Crippen LogP contribution in [-0.2, 0) is 19.1 Å².